The Hall–Kier alpha value is -1.12. The summed E-state index contributed by atoms with van der Waals surface area (Å²) in [6.45, 7) is 2.16. The first-order valence-corrected chi connectivity index (χ1v) is 6.18. The third-order valence-electron chi connectivity index (χ3n) is 2.90. The smallest absolute Gasteiger partial charge is 0.0222 e. The lowest BCUT2D eigenvalue weighted by molar-refractivity contribution is 0.654. The molecule has 1 aliphatic rings. The zero-order valence-corrected chi connectivity index (χ0v) is 9.31. The van der Waals surface area contributed by atoms with Crippen LogP contribution in [0.5, 0.6) is 0 Å². The van der Waals surface area contributed by atoms with Gasteiger partial charge in [0.15, 0.2) is 0 Å². The number of hydrogen-bond acceptors (Lipinski definition) is 2. The third-order valence-corrected chi connectivity index (χ3v) is 3.98. The summed E-state index contributed by atoms with van der Waals surface area (Å²) >= 11 is 1.91. The van der Waals surface area contributed by atoms with E-state index in [4.69, 9.17) is 0 Å². The fraction of sp³-hybridized carbons (Fsp3) is 0.231. The van der Waals surface area contributed by atoms with Crippen molar-refractivity contribution in [3.63, 3.8) is 0 Å². The van der Waals surface area contributed by atoms with Crippen LogP contribution in [0, 0.1) is 0 Å². The van der Waals surface area contributed by atoms with E-state index in [1.165, 1.54) is 23.1 Å². The largest absolute Gasteiger partial charge is 0.312 e. The van der Waals surface area contributed by atoms with Gasteiger partial charge in [0, 0.05) is 18.0 Å². The van der Waals surface area contributed by atoms with Crippen molar-refractivity contribution in [1.29, 1.82) is 0 Å². The van der Waals surface area contributed by atoms with Crippen molar-refractivity contribution >= 4 is 11.3 Å². The van der Waals surface area contributed by atoms with Crippen molar-refractivity contribution in [2.45, 2.75) is 13.0 Å². The van der Waals surface area contributed by atoms with Crippen molar-refractivity contribution in [3.05, 3.63) is 46.2 Å². The van der Waals surface area contributed by atoms with Gasteiger partial charge in [-0.3, -0.25) is 0 Å². The molecule has 0 saturated carbocycles. The van der Waals surface area contributed by atoms with Gasteiger partial charge in [-0.1, -0.05) is 30.3 Å². The molecular formula is C13H13NS. The van der Waals surface area contributed by atoms with Gasteiger partial charge in [-0.05, 0) is 28.5 Å². The van der Waals surface area contributed by atoms with Crippen LogP contribution in [0.4, 0.5) is 0 Å². The molecule has 2 heterocycles. The lowest BCUT2D eigenvalue weighted by Gasteiger charge is -2.14. The Balaban J connectivity index is 2.09. The number of rotatable bonds is 1. The number of thiophene rings is 1. The molecule has 2 heteroatoms. The fourth-order valence-corrected chi connectivity index (χ4v) is 3.18. The summed E-state index contributed by atoms with van der Waals surface area (Å²) in [4.78, 5) is 1.56. The van der Waals surface area contributed by atoms with E-state index in [1.54, 1.807) is 4.88 Å². The van der Waals surface area contributed by atoms with Gasteiger partial charge in [0.25, 0.3) is 0 Å². The zero-order valence-electron chi connectivity index (χ0n) is 8.49. The minimum Gasteiger partial charge on any atom is -0.312 e. The molecule has 15 heavy (non-hydrogen) atoms. The Morgan fingerprint density at radius 2 is 2.00 bits per heavy atom. The van der Waals surface area contributed by atoms with Crippen molar-refractivity contribution in [1.82, 2.24) is 5.32 Å². The third kappa shape index (κ3) is 1.60. The molecule has 1 aromatic heterocycles. The maximum atomic E-state index is 3.44. The van der Waals surface area contributed by atoms with Crippen LogP contribution in [0.1, 0.15) is 10.4 Å². The monoisotopic (exact) mass is 215 g/mol. The van der Waals surface area contributed by atoms with Gasteiger partial charge in [0.2, 0.25) is 0 Å². The second-order valence-corrected chi connectivity index (χ2v) is 4.81. The highest BCUT2D eigenvalue weighted by Crippen LogP contribution is 2.33. The number of benzene rings is 1. The summed E-state index contributed by atoms with van der Waals surface area (Å²) in [7, 11) is 0. The van der Waals surface area contributed by atoms with Gasteiger partial charge >= 0.3 is 0 Å². The number of hydrogen-bond donors (Lipinski definition) is 1. The van der Waals surface area contributed by atoms with Crippen LogP contribution in [-0.4, -0.2) is 6.54 Å². The fourth-order valence-electron chi connectivity index (χ4n) is 2.10. The molecule has 0 fully saturated rings. The maximum Gasteiger partial charge on any atom is 0.0222 e. The average molecular weight is 215 g/mol. The molecule has 1 nitrogen and oxygen atoms in total. The molecule has 0 aliphatic carbocycles. The van der Waals surface area contributed by atoms with Gasteiger partial charge in [-0.25, -0.2) is 0 Å². The van der Waals surface area contributed by atoms with Crippen LogP contribution in [0.25, 0.3) is 11.1 Å². The van der Waals surface area contributed by atoms with Crippen molar-refractivity contribution in [3.8, 4) is 11.1 Å². The SMILES string of the molecule is c1ccc(-c2csc3c2CNCC3)cc1. The molecule has 1 aromatic carbocycles. The van der Waals surface area contributed by atoms with E-state index in [0.717, 1.165) is 13.1 Å². The molecule has 0 radical (unpaired) electrons. The Bertz CT molecular complexity index is 459. The summed E-state index contributed by atoms with van der Waals surface area (Å²) < 4.78 is 0. The van der Waals surface area contributed by atoms with Crippen LogP contribution in [0.15, 0.2) is 35.7 Å². The maximum absolute atomic E-state index is 3.44. The lowest BCUT2D eigenvalue weighted by atomic mass is 10.0. The molecule has 1 N–H and O–H groups in total. The lowest BCUT2D eigenvalue weighted by Crippen LogP contribution is -2.22. The van der Waals surface area contributed by atoms with Crippen LogP contribution in [0.3, 0.4) is 0 Å². The van der Waals surface area contributed by atoms with Crippen LogP contribution < -0.4 is 5.32 Å². The predicted molar refractivity (Wildman–Crippen MR) is 65.2 cm³/mol. The summed E-state index contributed by atoms with van der Waals surface area (Å²) in [5, 5.41) is 5.74. The van der Waals surface area contributed by atoms with E-state index < -0.39 is 0 Å². The Morgan fingerprint density at radius 1 is 1.13 bits per heavy atom. The van der Waals surface area contributed by atoms with E-state index in [0.29, 0.717) is 0 Å². The van der Waals surface area contributed by atoms with Gasteiger partial charge < -0.3 is 5.32 Å². The van der Waals surface area contributed by atoms with Crippen LogP contribution in [-0.2, 0) is 13.0 Å². The highest BCUT2D eigenvalue weighted by atomic mass is 32.1. The molecular weight excluding hydrogens is 202 g/mol. The van der Waals surface area contributed by atoms with Gasteiger partial charge in [0.1, 0.15) is 0 Å². The van der Waals surface area contributed by atoms with Crippen LogP contribution in [0.2, 0.25) is 0 Å². The van der Waals surface area contributed by atoms with Crippen molar-refractivity contribution < 1.29 is 0 Å². The highest BCUT2D eigenvalue weighted by Gasteiger charge is 2.15. The van der Waals surface area contributed by atoms with Gasteiger partial charge in [-0.2, -0.15) is 0 Å². The predicted octanol–water partition coefficient (Wildman–Crippen LogP) is 3.06. The van der Waals surface area contributed by atoms with Gasteiger partial charge in [-0.15, -0.1) is 11.3 Å². The molecule has 0 saturated heterocycles. The van der Waals surface area contributed by atoms with E-state index in [2.05, 4.69) is 41.0 Å². The summed E-state index contributed by atoms with van der Waals surface area (Å²) in [5.74, 6) is 0. The quantitative estimate of drug-likeness (QED) is 0.771. The normalized spacial score (nSPS) is 14.9. The summed E-state index contributed by atoms with van der Waals surface area (Å²) in [5.41, 5.74) is 4.28. The molecule has 0 amide bonds. The average Bonchev–Trinajstić information content (AvgIpc) is 2.74. The Morgan fingerprint density at radius 3 is 2.87 bits per heavy atom. The Labute approximate surface area is 93.8 Å². The second-order valence-electron chi connectivity index (χ2n) is 3.84. The zero-order chi connectivity index (χ0) is 10.1. The first-order chi connectivity index (χ1) is 7.45. The molecule has 0 unspecified atom stereocenters. The number of nitrogens with one attached hydrogen (secondary N) is 1. The summed E-state index contributed by atoms with van der Waals surface area (Å²) in [6, 6.07) is 10.7. The van der Waals surface area contributed by atoms with E-state index >= 15 is 0 Å². The van der Waals surface area contributed by atoms with Crippen molar-refractivity contribution in [2.24, 2.45) is 0 Å². The van der Waals surface area contributed by atoms with E-state index in [-0.39, 0.29) is 0 Å². The summed E-state index contributed by atoms with van der Waals surface area (Å²) in [6.07, 6.45) is 1.19. The standard InChI is InChI=1S/C13H13NS/c1-2-4-10(5-3-1)12-9-15-13-6-7-14-8-11(12)13/h1-5,9,14H,6-8H2. The van der Waals surface area contributed by atoms with Crippen LogP contribution >= 0.6 is 11.3 Å². The molecule has 3 rings (SSSR count). The molecule has 0 bridgehead atoms. The molecule has 0 spiro atoms. The second kappa shape index (κ2) is 3.80. The topological polar surface area (TPSA) is 12.0 Å². The molecule has 76 valence electrons. The highest BCUT2D eigenvalue weighted by molar-refractivity contribution is 7.10. The first-order valence-electron chi connectivity index (χ1n) is 5.30. The van der Waals surface area contributed by atoms with Crippen molar-refractivity contribution in [2.75, 3.05) is 6.54 Å². The molecule has 0 atom stereocenters. The molecule has 1 aliphatic heterocycles. The van der Waals surface area contributed by atoms with E-state index in [9.17, 15) is 0 Å². The van der Waals surface area contributed by atoms with E-state index in [1.807, 2.05) is 11.3 Å². The molecule has 2 aromatic rings. The van der Waals surface area contributed by atoms with Gasteiger partial charge in [0.05, 0.1) is 0 Å². The minimum absolute atomic E-state index is 1.03. The number of fused-ring (bicyclic) bond motifs is 1. The first kappa shape index (κ1) is 9.13. The Kier molecular flexibility index (Phi) is 2.31. The minimum atomic E-state index is 1.03.